The first-order chi connectivity index (χ1) is 8.85. The Hall–Kier alpha value is -0.660. The molecule has 1 atom stereocenters. The fourth-order valence-electron chi connectivity index (χ4n) is 2.15. The maximum atomic E-state index is 12.1. The Morgan fingerprint density at radius 3 is 2.47 bits per heavy atom. The summed E-state index contributed by atoms with van der Waals surface area (Å²) in [5.41, 5.74) is 0. The van der Waals surface area contributed by atoms with Crippen molar-refractivity contribution in [1.29, 1.82) is 0 Å². The van der Waals surface area contributed by atoms with Gasteiger partial charge in [-0.15, -0.1) is 0 Å². The van der Waals surface area contributed by atoms with E-state index in [1.54, 1.807) is 6.92 Å². The molecule has 1 fully saturated rings. The van der Waals surface area contributed by atoms with Crippen LogP contribution in [0.4, 0.5) is 0 Å². The van der Waals surface area contributed by atoms with Crippen LogP contribution in [0, 0.1) is 5.92 Å². The van der Waals surface area contributed by atoms with Gasteiger partial charge in [0.15, 0.2) is 0 Å². The number of piperidine rings is 1. The highest BCUT2D eigenvalue weighted by molar-refractivity contribution is 7.89. The first kappa shape index (κ1) is 16.4. The second kappa shape index (κ2) is 7.21. The van der Waals surface area contributed by atoms with Crippen molar-refractivity contribution < 1.29 is 17.9 Å². The zero-order chi connectivity index (χ0) is 14.5. The summed E-state index contributed by atoms with van der Waals surface area (Å²) in [6, 6.07) is 0. The first-order valence-corrected chi connectivity index (χ1v) is 8.21. The van der Waals surface area contributed by atoms with Crippen LogP contribution < -0.4 is 5.32 Å². The number of carbonyl (C=O) groups is 1. The Kier molecular flexibility index (Phi) is 6.22. The fourth-order valence-corrected chi connectivity index (χ4v) is 3.86. The molecule has 1 aliphatic heterocycles. The molecule has 19 heavy (non-hydrogen) atoms. The lowest BCUT2D eigenvalue weighted by Crippen LogP contribution is -2.43. The molecule has 0 spiro atoms. The molecule has 0 unspecified atom stereocenters. The fraction of sp³-hybridized carbons (Fsp3) is 0.917. The molecule has 1 rings (SSSR count). The average Bonchev–Trinajstić information content (AvgIpc) is 2.36. The van der Waals surface area contributed by atoms with Gasteiger partial charge in [-0.25, -0.2) is 12.7 Å². The van der Waals surface area contributed by atoms with E-state index in [2.05, 4.69) is 5.32 Å². The Morgan fingerprint density at radius 1 is 1.42 bits per heavy atom. The van der Waals surface area contributed by atoms with E-state index >= 15 is 0 Å². The monoisotopic (exact) mass is 292 g/mol. The summed E-state index contributed by atoms with van der Waals surface area (Å²) in [5.74, 6) is 0.360. The largest absolute Gasteiger partial charge is 0.381 e. The number of amides is 1. The number of nitrogens with zero attached hydrogens (tertiary/aromatic N) is 1. The van der Waals surface area contributed by atoms with Crippen LogP contribution in [0.5, 0.6) is 0 Å². The van der Waals surface area contributed by atoms with Gasteiger partial charge < -0.3 is 10.1 Å². The molecule has 0 saturated carbocycles. The van der Waals surface area contributed by atoms with Crippen LogP contribution in [-0.4, -0.2) is 57.2 Å². The summed E-state index contributed by atoms with van der Waals surface area (Å²) in [6.45, 7) is 4.94. The zero-order valence-corrected chi connectivity index (χ0v) is 12.7. The number of methoxy groups -OCH3 is 1. The van der Waals surface area contributed by atoms with E-state index in [-0.39, 0.29) is 17.8 Å². The number of rotatable bonds is 6. The molecule has 0 radical (unpaired) electrons. The standard InChI is InChI=1S/C12H24N2O4S/c1-10(18-3)9-19(16,17)14-6-4-12(5-7-14)8-13-11(2)15/h10,12H,4-9H2,1-3H3,(H,13,15)/t10-/m1/s1. The quantitative estimate of drug-likeness (QED) is 0.759. The van der Waals surface area contributed by atoms with Gasteiger partial charge in [0.25, 0.3) is 0 Å². The molecule has 6 nitrogen and oxygen atoms in total. The molecule has 1 heterocycles. The van der Waals surface area contributed by atoms with Gasteiger partial charge in [0.05, 0.1) is 11.9 Å². The Balaban J connectivity index is 2.42. The number of ether oxygens (including phenoxy) is 1. The van der Waals surface area contributed by atoms with Crippen molar-refractivity contribution in [3.63, 3.8) is 0 Å². The van der Waals surface area contributed by atoms with Gasteiger partial charge in [0.2, 0.25) is 15.9 Å². The topological polar surface area (TPSA) is 75.7 Å². The molecule has 1 amide bonds. The lowest BCUT2D eigenvalue weighted by molar-refractivity contribution is -0.119. The summed E-state index contributed by atoms with van der Waals surface area (Å²) >= 11 is 0. The van der Waals surface area contributed by atoms with Gasteiger partial charge in [-0.1, -0.05) is 0 Å². The predicted molar refractivity (Wildman–Crippen MR) is 73.2 cm³/mol. The predicted octanol–water partition coefficient (Wildman–Crippen LogP) is 0.199. The zero-order valence-electron chi connectivity index (χ0n) is 11.9. The van der Waals surface area contributed by atoms with Gasteiger partial charge in [-0.2, -0.15) is 0 Å². The minimum absolute atomic E-state index is 0.0276. The molecule has 1 aliphatic rings. The SMILES string of the molecule is CO[C@H](C)CS(=O)(=O)N1CCC(CNC(C)=O)CC1. The highest BCUT2D eigenvalue weighted by atomic mass is 32.2. The summed E-state index contributed by atoms with van der Waals surface area (Å²) in [7, 11) is -1.71. The summed E-state index contributed by atoms with van der Waals surface area (Å²) in [6.07, 6.45) is 1.30. The second-order valence-corrected chi connectivity index (χ2v) is 7.12. The molecule has 0 aromatic heterocycles. The number of nitrogens with one attached hydrogen (secondary N) is 1. The van der Waals surface area contributed by atoms with Crippen LogP contribution in [0.3, 0.4) is 0 Å². The number of hydrogen-bond donors (Lipinski definition) is 1. The third-order valence-electron chi connectivity index (χ3n) is 3.45. The van der Waals surface area contributed by atoms with E-state index in [4.69, 9.17) is 4.74 Å². The van der Waals surface area contributed by atoms with Crippen molar-refractivity contribution in [2.24, 2.45) is 5.92 Å². The van der Waals surface area contributed by atoms with Gasteiger partial charge in [0, 0.05) is 33.7 Å². The van der Waals surface area contributed by atoms with Crippen LogP contribution in [-0.2, 0) is 19.6 Å². The maximum absolute atomic E-state index is 12.1. The minimum Gasteiger partial charge on any atom is -0.381 e. The number of sulfonamides is 1. The van der Waals surface area contributed by atoms with Crippen LogP contribution in [0.2, 0.25) is 0 Å². The average molecular weight is 292 g/mol. The van der Waals surface area contributed by atoms with E-state index in [0.29, 0.717) is 25.6 Å². The number of carbonyl (C=O) groups excluding carboxylic acids is 1. The van der Waals surface area contributed by atoms with E-state index < -0.39 is 10.0 Å². The molecule has 0 aromatic carbocycles. The van der Waals surface area contributed by atoms with E-state index in [1.165, 1.54) is 18.3 Å². The van der Waals surface area contributed by atoms with Gasteiger partial charge in [0.1, 0.15) is 0 Å². The Morgan fingerprint density at radius 2 is 2.00 bits per heavy atom. The van der Waals surface area contributed by atoms with Crippen molar-refractivity contribution in [2.45, 2.75) is 32.8 Å². The summed E-state index contributed by atoms with van der Waals surface area (Å²) < 4.78 is 30.8. The highest BCUT2D eigenvalue weighted by Crippen LogP contribution is 2.19. The van der Waals surface area contributed by atoms with Crippen LogP contribution in [0.1, 0.15) is 26.7 Å². The van der Waals surface area contributed by atoms with Crippen LogP contribution in [0.15, 0.2) is 0 Å². The lowest BCUT2D eigenvalue weighted by Gasteiger charge is -2.31. The summed E-state index contributed by atoms with van der Waals surface area (Å²) in [4.78, 5) is 10.8. The summed E-state index contributed by atoms with van der Waals surface area (Å²) in [5, 5.41) is 2.78. The Bertz CT molecular complexity index is 389. The van der Waals surface area contributed by atoms with Gasteiger partial charge in [-0.05, 0) is 25.7 Å². The molecule has 1 N–H and O–H groups in total. The molecule has 0 bridgehead atoms. The molecular formula is C12H24N2O4S. The third kappa shape index (κ3) is 5.46. The lowest BCUT2D eigenvalue weighted by atomic mass is 9.98. The normalized spacial score (nSPS) is 20.2. The van der Waals surface area contributed by atoms with E-state index in [9.17, 15) is 13.2 Å². The molecule has 0 aromatic rings. The number of hydrogen-bond acceptors (Lipinski definition) is 4. The van der Waals surface area contributed by atoms with Crippen molar-refractivity contribution in [1.82, 2.24) is 9.62 Å². The smallest absolute Gasteiger partial charge is 0.216 e. The highest BCUT2D eigenvalue weighted by Gasteiger charge is 2.29. The van der Waals surface area contributed by atoms with Crippen LogP contribution in [0.25, 0.3) is 0 Å². The molecule has 1 saturated heterocycles. The minimum atomic E-state index is -3.23. The van der Waals surface area contributed by atoms with Crippen molar-refractivity contribution in [2.75, 3.05) is 32.5 Å². The molecular weight excluding hydrogens is 268 g/mol. The third-order valence-corrected chi connectivity index (χ3v) is 5.50. The van der Waals surface area contributed by atoms with Gasteiger partial charge in [-0.3, -0.25) is 4.79 Å². The van der Waals surface area contributed by atoms with Crippen molar-refractivity contribution >= 4 is 15.9 Å². The van der Waals surface area contributed by atoms with E-state index in [0.717, 1.165) is 12.8 Å². The van der Waals surface area contributed by atoms with Crippen molar-refractivity contribution in [3.05, 3.63) is 0 Å². The maximum Gasteiger partial charge on any atom is 0.216 e. The molecule has 7 heteroatoms. The van der Waals surface area contributed by atoms with Crippen molar-refractivity contribution in [3.8, 4) is 0 Å². The molecule has 0 aliphatic carbocycles. The first-order valence-electron chi connectivity index (χ1n) is 6.60. The molecule has 112 valence electrons. The second-order valence-electron chi connectivity index (χ2n) is 5.10. The Labute approximate surface area is 115 Å². The van der Waals surface area contributed by atoms with Gasteiger partial charge >= 0.3 is 0 Å². The van der Waals surface area contributed by atoms with Crippen LogP contribution >= 0.6 is 0 Å². The van der Waals surface area contributed by atoms with E-state index in [1.807, 2.05) is 0 Å².